The fourth-order valence-corrected chi connectivity index (χ4v) is 8.98. The van der Waals surface area contributed by atoms with Gasteiger partial charge in [0, 0.05) is 6.42 Å². The molecule has 1 fully saturated rings. The first-order valence-corrected chi connectivity index (χ1v) is 31.2. The molecular weight excluding hydrogens is 979 g/mol. The van der Waals surface area contributed by atoms with Crippen LogP contribution in [0.2, 0.25) is 0 Å². The van der Waals surface area contributed by atoms with E-state index >= 15 is 0 Å². The summed E-state index contributed by atoms with van der Waals surface area (Å²) in [5.41, 5.74) is 0. The van der Waals surface area contributed by atoms with E-state index in [9.17, 15) is 35.1 Å². The maximum atomic E-state index is 13.4. The first-order chi connectivity index (χ1) is 38.2. The number of amides is 1. The third-order valence-electron chi connectivity index (χ3n) is 13.9. The number of carbonyl (C=O) groups excluding carboxylic acids is 2. The number of hydrogen-bond donors (Lipinski definition) is 6. The third-order valence-corrected chi connectivity index (χ3v) is 13.9. The molecule has 0 bridgehead atoms. The molecule has 6 N–H and O–H groups in total. The molecule has 0 radical (unpaired) electrons. The van der Waals surface area contributed by atoms with E-state index in [0.717, 1.165) is 103 Å². The van der Waals surface area contributed by atoms with Gasteiger partial charge in [0.05, 0.1) is 25.4 Å². The zero-order valence-corrected chi connectivity index (χ0v) is 49.2. The number of hydrogen-bond acceptors (Lipinski definition) is 10. The predicted octanol–water partition coefficient (Wildman–Crippen LogP) is 14.9. The number of carbonyl (C=O) groups is 2. The van der Waals surface area contributed by atoms with Crippen LogP contribution in [0.25, 0.3) is 0 Å². The molecule has 0 aromatic heterocycles. The number of aliphatic hydroxyl groups is 5. The minimum atomic E-state index is -1.63. The minimum absolute atomic E-state index is 0.103. The average molecular weight is 1090 g/mol. The number of nitrogens with one attached hydrogen (secondary N) is 1. The molecule has 8 unspecified atom stereocenters. The summed E-state index contributed by atoms with van der Waals surface area (Å²) in [4.78, 5) is 26.5. The van der Waals surface area contributed by atoms with Gasteiger partial charge in [0.2, 0.25) is 5.91 Å². The number of allylic oxidation sites excluding steroid dienone is 17. The van der Waals surface area contributed by atoms with Crippen LogP contribution in [0, 0.1) is 0 Å². The van der Waals surface area contributed by atoms with Crippen LogP contribution < -0.4 is 5.32 Å². The second kappa shape index (κ2) is 53.9. The molecule has 1 amide bonds. The van der Waals surface area contributed by atoms with Crippen molar-refractivity contribution in [2.24, 2.45) is 0 Å². The smallest absolute Gasteiger partial charge is 0.306 e. The standard InChI is InChI=1S/C67H113NO10/c1-4-7-10-13-16-19-22-25-27-29-30-31-32-33-35-37-40-43-46-49-52-55-62(72)78-65-64(74)63(73)61(56-69)77-67(65)76-57-58(59(70)53-50-47-44-41-38-24-21-18-15-12-9-6-3)68-66(75)60(71)54-51-48-45-42-39-36-34-28-26-23-20-17-14-11-8-5-2/h8,11,16-17,19-20,25-28,30-31,36,39,45,48,50,53,58-61,63-65,67,69-71,73-74H,4-7,9-10,12-15,18,21-24,29,32-35,37-38,40-44,46-47,49,51-52,54-57H2,1-3H3,(H,68,75)/b11-8-,19-16-,20-17-,27-25-,28-26-,31-30-,39-36-,48-45-,53-50+. The quantitative estimate of drug-likeness (QED) is 0.0195. The van der Waals surface area contributed by atoms with Crippen molar-refractivity contribution in [3.63, 3.8) is 0 Å². The molecule has 1 heterocycles. The molecule has 11 nitrogen and oxygen atoms in total. The monoisotopic (exact) mass is 1090 g/mol. The van der Waals surface area contributed by atoms with Gasteiger partial charge in [0.1, 0.15) is 24.4 Å². The molecule has 8 atom stereocenters. The molecule has 0 aromatic rings. The van der Waals surface area contributed by atoms with E-state index in [1.54, 1.807) is 6.08 Å². The van der Waals surface area contributed by atoms with Crippen molar-refractivity contribution in [2.75, 3.05) is 13.2 Å². The van der Waals surface area contributed by atoms with E-state index in [1.165, 1.54) is 89.9 Å². The van der Waals surface area contributed by atoms with E-state index in [1.807, 2.05) is 18.2 Å². The van der Waals surface area contributed by atoms with Crippen molar-refractivity contribution < 1.29 is 49.3 Å². The number of esters is 1. The van der Waals surface area contributed by atoms with Crippen molar-refractivity contribution >= 4 is 11.9 Å². The zero-order chi connectivity index (χ0) is 56.8. The van der Waals surface area contributed by atoms with Gasteiger partial charge in [-0.2, -0.15) is 0 Å². The summed E-state index contributed by atoms with van der Waals surface area (Å²) in [5, 5.41) is 56.9. The highest BCUT2D eigenvalue weighted by atomic mass is 16.7. The Labute approximate surface area is 475 Å². The van der Waals surface area contributed by atoms with Gasteiger partial charge in [0.15, 0.2) is 12.4 Å². The van der Waals surface area contributed by atoms with Gasteiger partial charge in [-0.15, -0.1) is 0 Å². The molecule has 1 aliphatic heterocycles. The van der Waals surface area contributed by atoms with Crippen LogP contribution in [0.5, 0.6) is 0 Å². The molecule has 1 rings (SSSR count). The molecule has 0 saturated carbocycles. The van der Waals surface area contributed by atoms with Crippen LogP contribution in [-0.4, -0.2) is 99.6 Å². The lowest BCUT2D eigenvalue weighted by Gasteiger charge is -2.41. The topological polar surface area (TPSA) is 175 Å². The Balaban J connectivity index is 2.71. The summed E-state index contributed by atoms with van der Waals surface area (Å²) in [6, 6.07) is -1.06. The van der Waals surface area contributed by atoms with Crippen molar-refractivity contribution in [3.8, 4) is 0 Å². The number of ether oxygens (including phenoxy) is 3. The van der Waals surface area contributed by atoms with Crippen molar-refractivity contribution in [1.82, 2.24) is 5.32 Å². The van der Waals surface area contributed by atoms with E-state index < -0.39 is 67.4 Å². The average Bonchev–Trinajstić information content (AvgIpc) is 3.44. The summed E-state index contributed by atoms with van der Waals surface area (Å²) >= 11 is 0. The van der Waals surface area contributed by atoms with Crippen LogP contribution in [-0.2, 0) is 23.8 Å². The van der Waals surface area contributed by atoms with Gasteiger partial charge in [-0.1, -0.05) is 239 Å². The summed E-state index contributed by atoms with van der Waals surface area (Å²) in [6.07, 6.45) is 62.7. The lowest BCUT2D eigenvalue weighted by Crippen LogP contribution is -2.61. The molecule has 0 spiro atoms. The lowest BCUT2D eigenvalue weighted by molar-refractivity contribution is -0.305. The molecule has 11 heteroatoms. The van der Waals surface area contributed by atoms with Gasteiger partial charge in [-0.25, -0.2) is 0 Å². The second-order valence-electron chi connectivity index (χ2n) is 21.0. The predicted molar refractivity (Wildman–Crippen MR) is 324 cm³/mol. The maximum absolute atomic E-state index is 13.4. The Morgan fingerprint density at radius 1 is 0.513 bits per heavy atom. The molecule has 78 heavy (non-hydrogen) atoms. The number of unbranched alkanes of at least 4 members (excludes halogenated alkanes) is 21. The molecular formula is C67H113NO10. The highest BCUT2D eigenvalue weighted by Gasteiger charge is 2.47. The summed E-state index contributed by atoms with van der Waals surface area (Å²) in [5.74, 6) is -1.27. The SMILES string of the molecule is CC/C=C\C/C=C\C/C=C\C/C=C\C/C=C\CCC(O)C(=O)NC(COC1OC(CO)C(O)C(O)C1OC(=O)CCCCCCCCCC/C=C\C/C=C\C/C=C\CCCCC)C(O)/C=C/CCCCCCCCCCCC. The van der Waals surface area contributed by atoms with Crippen molar-refractivity contribution in [2.45, 2.75) is 288 Å². The Bertz CT molecular complexity index is 1680. The van der Waals surface area contributed by atoms with Gasteiger partial charge in [-0.05, 0) is 103 Å². The van der Waals surface area contributed by atoms with Gasteiger partial charge >= 0.3 is 5.97 Å². The zero-order valence-electron chi connectivity index (χ0n) is 49.2. The Hall–Kier alpha value is -3.68. The molecule has 446 valence electrons. The highest BCUT2D eigenvalue weighted by molar-refractivity contribution is 5.80. The lowest BCUT2D eigenvalue weighted by atomic mass is 9.99. The van der Waals surface area contributed by atoms with E-state index in [4.69, 9.17) is 14.2 Å². The van der Waals surface area contributed by atoms with Crippen molar-refractivity contribution in [1.29, 1.82) is 0 Å². The Kier molecular flexibility index (Phi) is 50.0. The molecule has 1 aliphatic rings. The maximum Gasteiger partial charge on any atom is 0.306 e. The van der Waals surface area contributed by atoms with Crippen LogP contribution in [0.1, 0.15) is 239 Å². The van der Waals surface area contributed by atoms with Gasteiger partial charge < -0.3 is 45.1 Å². The van der Waals surface area contributed by atoms with Crippen LogP contribution in [0.15, 0.2) is 109 Å². The van der Waals surface area contributed by atoms with E-state index in [2.05, 4.69) is 111 Å². The van der Waals surface area contributed by atoms with Crippen LogP contribution >= 0.6 is 0 Å². The van der Waals surface area contributed by atoms with Crippen molar-refractivity contribution in [3.05, 3.63) is 109 Å². The van der Waals surface area contributed by atoms with Crippen LogP contribution in [0.3, 0.4) is 0 Å². The normalized spacial score (nSPS) is 19.7. The van der Waals surface area contributed by atoms with E-state index in [-0.39, 0.29) is 19.4 Å². The van der Waals surface area contributed by atoms with Gasteiger partial charge in [-0.3, -0.25) is 9.59 Å². The highest BCUT2D eigenvalue weighted by Crippen LogP contribution is 2.26. The molecule has 1 saturated heterocycles. The Morgan fingerprint density at radius 3 is 1.41 bits per heavy atom. The molecule has 0 aliphatic carbocycles. The van der Waals surface area contributed by atoms with Gasteiger partial charge in [0.25, 0.3) is 0 Å². The first kappa shape index (κ1) is 72.3. The third kappa shape index (κ3) is 41.3. The Morgan fingerprint density at radius 2 is 0.923 bits per heavy atom. The second-order valence-corrected chi connectivity index (χ2v) is 21.0. The summed E-state index contributed by atoms with van der Waals surface area (Å²) < 4.78 is 17.6. The first-order valence-electron chi connectivity index (χ1n) is 31.2. The molecule has 0 aromatic carbocycles. The summed E-state index contributed by atoms with van der Waals surface area (Å²) in [7, 11) is 0. The van der Waals surface area contributed by atoms with E-state index in [0.29, 0.717) is 12.8 Å². The fourth-order valence-electron chi connectivity index (χ4n) is 8.98. The van der Waals surface area contributed by atoms with Crippen LogP contribution in [0.4, 0.5) is 0 Å². The number of rotatable bonds is 51. The summed E-state index contributed by atoms with van der Waals surface area (Å²) in [6.45, 7) is 5.60. The fraction of sp³-hybridized carbons (Fsp3) is 0.701. The number of aliphatic hydroxyl groups excluding tert-OH is 5. The minimum Gasteiger partial charge on any atom is -0.454 e. The largest absolute Gasteiger partial charge is 0.454 e.